The van der Waals surface area contributed by atoms with E-state index in [-0.39, 0.29) is 12.0 Å². The molecule has 0 aromatic heterocycles. The maximum atomic E-state index is 12.5. The first-order valence-corrected chi connectivity index (χ1v) is 7.82. The second-order valence-electron chi connectivity index (χ2n) is 5.24. The average molecular weight is 304 g/mol. The molecule has 3 atom stereocenters. The van der Waals surface area contributed by atoms with E-state index in [0.29, 0.717) is 18.6 Å². The Morgan fingerprint density at radius 3 is 2.94 bits per heavy atom. The third-order valence-electron chi connectivity index (χ3n) is 3.90. The van der Waals surface area contributed by atoms with E-state index in [9.17, 15) is 4.79 Å². The van der Waals surface area contributed by atoms with Crippen molar-refractivity contribution in [2.75, 3.05) is 18.5 Å². The van der Waals surface area contributed by atoms with Crippen LogP contribution in [-0.2, 0) is 9.53 Å². The first-order valence-electron chi connectivity index (χ1n) is 6.70. The van der Waals surface area contributed by atoms with Crippen LogP contribution in [0.2, 0.25) is 0 Å². The number of nitrogens with zero attached hydrogens (tertiary/aromatic N) is 1. The maximum absolute atomic E-state index is 12.5. The number of alkyl halides is 1. The lowest BCUT2D eigenvalue weighted by molar-refractivity contribution is -0.139. The summed E-state index contributed by atoms with van der Waals surface area (Å²) in [4.78, 5) is 14.6. The highest BCUT2D eigenvalue weighted by Crippen LogP contribution is 2.27. The van der Waals surface area contributed by atoms with Gasteiger partial charge in [-0.15, -0.1) is 0 Å². The minimum atomic E-state index is 0.112. The second kappa shape index (κ2) is 6.19. The van der Waals surface area contributed by atoms with Crippen LogP contribution in [0.5, 0.6) is 0 Å². The number of halogens is 1. The minimum Gasteiger partial charge on any atom is -0.378 e. The van der Waals surface area contributed by atoms with Crippen molar-refractivity contribution < 1.29 is 9.53 Å². The molecule has 0 saturated carbocycles. The number of likely N-dealkylation sites (tertiary alicyclic amines) is 1. The minimum absolute atomic E-state index is 0.112. The summed E-state index contributed by atoms with van der Waals surface area (Å²) in [5.74, 6) is 0.445. The third kappa shape index (κ3) is 3.22. The Morgan fingerprint density at radius 2 is 2.29 bits per heavy atom. The van der Waals surface area contributed by atoms with Gasteiger partial charge in [0.05, 0.1) is 18.6 Å². The Bertz CT molecular complexity index is 270. The van der Waals surface area contributed by atoms with Gasteiger partial charge in [0.1, 0.15) is 0 Å². The Balaban J connectivity index is 1.95. The van der Waals surface area contributed by atoms with Gasteiger partial charge >= 0.3 is 0 Å². The predicted octanol–water partition coefficient (Wildman–Crippen LogP) is 2.58. The molecule has 0 bridgehead atoms. The number of amides is 1. The lowest BCUT2D eigenvalue weighted by Gasteiger charge is -2.37. The fraction of sp³-hybridized carbons (Fsp3) is 0.923. The zero-order chi connectivity index (χ0) is 12.3. The molecule has 3 nitrogen and oxygen atoms in total. The highest BCUT2D eigenvalue weighted by Gasteiger charge is 2.35. The second-order valence-corrected chi connectivity index (χ2v) is 6.03. The maximum Gasteiger partial charge on any atom is 0.228 e. The van der Waals surface area contributed by atoms with Gasteiger partial charge in [-0.2, -0.15) is 0 Å². The van der Waals surface area contributed by atoms with E-state index < -0.39 is 0 Å². The van der Waals surface area contributed by atoms with Crippen LogP contribution in [0.4, 0.5) is 0 Å². The van der Waals surface area contributed by atoms with Gasteiger partial charge in [0, 0.05) is 17.9 Å². The van der Waals surface area contributed by atoms with Crippen molar-refractivity contribution in [1.29, 1.82) is 0 Å². The monoisotopic (exact) mass is 303 g/mol. The van der Waals surface area contributed by atoms with E-state index in [4.69, 9.17) is 4.74 Å². The number of rotatable bonds is 3. The Hall–Kier alpha value is -0.0900. The first-order chi connectivity index (χ1) is 8.22. The number of carbonyl (C=O) groups excluding carboxylic acids is 1. The van der Waals surface area contributed by atoms with E-state index in [1.165, 1.54) is 12.8 Å². The molecular weight excluding hydrogens is 282 g/mol. The quantitative estimate of drug-likeness (QED) is 0.750. The molecule has 2 fully saturated rings. The van der Waals surface area contributed by atoms with Gasteiger partial charge in [0.15, 0.2) is 0 Å². The smallest absolute Gasteiger partial charge is 0.228 e. The summed E-state index contributed by atoms with van der Waals surface area (Å²) in [7, 11) is 0. The number of ether oxygens (including phenoxy) is 1. The van der Waals surface area contributed by atoms with Crippen LogP contribution in [0.3, 0.4) is 0 Å². The first kappa shape index (κ1) is 13.3. The van der Waals surface area contributed by atoms with Crippen molar-refractivity contribution in [3.8, 4) is 0 Å². The topological polar surface area (TPSA) is 29.5 Å². The molecule has 2 aliphatic rings. The SMILES string of the molecule is CC1CC(C(=O)N2CCCCC2CCBr)CO1. The largest absolute Gasteiger partial charge is 0.378 e. The van der Waals surface area contributed by atoms with E-state index in [1.54, 1.807) is 0 Å². The molecule has 0 aromatic carbocycles. The van der Waals surface area contributed by atoms with Gasteiger partial charge < -0.3 is 9.64 Å². The van der Waals surface area contributed by atoms with E-state index >= 15 is 0 Å². The van der Waals surface area contributed by atoms with Crippen LogP contribution in [0.25, 0.3) is 0 Å². The van der Waals surface area contributed by atoms with Crippen molar-refractivity contribution in [3.05, 3.63) is 0 Å². The van der Waals surface area contributed by atoms with E-state index in [2.05, 4.69) is 27.8 Å². The van der Waals surface area contributed by atoms with Crippen LogP contribution in [-0.4, -0.2) is 41.4 Å². The molecule has 2 aliphatic heterocycles. The number of carbonyl (C=O) groups is 1. The zero-order valence-electron chi connectivity index (χ0n) is 10.5. The molecule has 98 valence electrons. The highest BCUT2D eigenvalue weighted by atomic mass is 79.9. The molecular formula is C13H22BrNO2. The normalized spacial score (nSPS) is 34.0. The molecule has 2 rings (SSSR count). The summed E-state index contributed by atoms with van der Waals surface area (Å²) < 4.78 is 5.52. The van der Waals surface area contributed by atoms with Gasteiger partial charge in [-0.3, -0.25) is 4.79 Å². The molecule has 0 aliphatic carbocycles. The van der Waals surface area contributed by atoms with Crippen LogP contribution in [0.1, 0.15) is 39.0 Å². The molecule has 2 saturated heterocycles. The lowest BCUT2D eigenvalue weighted by Crippen LogP contribution is -2.46. The van der Waals surface area contributed by atoms with Crippen molar-refractivity contribution in [3.63, 3.8) is 0 Å². The number of hydrogen-bond donors (Lipinski definition) is 0. The van der Waals surface area contributed by atoms with E-state index in [1.807, 2.05) is 0 Å². The molecule has 0 N–H and O–H groups in total. The Labute approximate surface area is 112 Å². The Kier molecular flexibility index (Phi) is 4.86. The standard InChI is InChI=1S/C13H22BrNO2/c1-10-8-11(9-17-10)13(16)15-7-3-2-4-12(15)5-6-14/h10-12H,2-9H2,1H3. The van der Waals surface area contributed by atoms with Crippen LogP contribution in [0.15, 0.2) is 0 Å². The van der Waals surface area contributed by atoms with Gasteiger partial charge in [0.2, 0.25) is 5.91 Å². The molecule has 0 spiro atoms. The van der Waals surface area contributed by atoms with Crippen molar-refractivity contribution in [2.24, 2.45) is 5.92 Å². The summed E-state index contributed by atoms with van der Waals surface area (Å²) in [6.45, 7) is 3.62. The molecule has 3 unspecified atom stereocenters. The van der Waals surface area contributed by atoms with E-state index in [0.717, 1.165) is 31.1 Å². The zero-order valence-corrected chi connectivity index (χ0v) is 12.1. The average Bonchev–Trinajstić information content (AvgIpc) is 2.76. The fourth-order valence-corrected chi connectivity index (χ4v) is 3.47. The third-order valence-corrected chi connectivity index (χ3v) is 4.36. The molecule has 0 radical (unpaired) electrons. The van der Waals surface area contributed by atoms with Gasteiger partial charge in [-0.1, -0.05) is 15.9 Å². The summed E-state index contributed by atoms with van der Waals surface area (Å²) in [6.07, 6.45) is 5.82. The molecule has 17 heavy (non-hydrogen) atoms. The molecule has 4 heteroatoms. The predicted molar refractivity (Wildman–Crippen MR) is 71.3 cm³/mol. The van der Waals surface area contributed by atoms with Gasteiger partial charge in [-0.25, -0.2) is 0 Å². The van der Waals surface area contributed by atoms with Crippen LogP contribution in [0, 0.1) is 5.92 Å². The summed E-state index contributed by atoms with van der Waals surface area (Å²) in [6, 6.07) is 0.450. The number of piperidine rings is 1. The van der Waals surface area contributed by atoms with Crippen molar-refractivity contribution in [1.82, 2.24) is 4.90 Å². The molecule has 1 amide bonds. The Morgan fingerprint density at radius 1 is 1.47 bits per heavy atom. The van der Waals surface area contributed by atoms with Crippen molar-refractivity contribution in [2.45, 2.75) is 51.2 Å². The van der Waals surface area contributed by atoms with Crippen LogP contribution < -0.4 is 0 Å². The highest BCUT2D eigenvalue weighted by molar-refractivity contribution is 9.09. The lowest BCUT2D eigenvalue weighted by atomic mass is 9.96. The molecule has 2 heterocycles. The number of hydrogen-bond acceptors (Lipinski definition) is 2. The van der Waals surface area contributed by atoms with Crippen molar-refractivity contribution >= 4 is 21.8 Å². The molecule has 0 aromatic rings. The fourth-order valence-electron chi connectivity index (χ4n) is 2.94. The van der Waals surface area contributed by atoms with Crippen LogP contribution >= 0.6 is 15.9 Å². The summed E-state index contributed by atoms with van der Waals surface area (Å²) in [5, 5.41) is 0.985. The van der Waals surface area contributed by atoms with Gasteiger partial charge in [-0.05, 0) is 39.0 Å². The van der Waals surface area contributed by atoms with Gasteiger partial charge in [0.25, 0.3) is 0 Å². The summed E-state index contributed by atoms with van der Waals surface area (Å²) >= 11 is 3.49. The summed E-state index contributed by atoms with van der Waals surface area (Å²) in [5.41, 5.74) is 0.